The molecule has 90 valence electrons. The molecule has 1 aromatic heterocycles. The Morgan fingerprint density at radius 1 is 1.50 bits per heavy atom. The predicted molar refractivity (Wildman–Crippen MR) is 68.7 cm³/mol. The molecule has 0 radical (unpaired) electrons. The first kappa shape index (κ1) is 13.2. The van der Waals surface area contributed by atoms with Gasteiger partial charge in [-0.3, -0.25) is 4.79 Å². The maximum atomic E-state index is 11.3. The van der Waals surface area contributed by atoms with Crippen LogP contribution in [0.1, 0.15) is 19.4 Å². The van der Waals surface area contributed by atoms with Gasteiger partial charge in [0.1, 0.15) is 0 Å². The van der Waals surface area contributed by atoms with E-state index in [0.717, 1.165) is 19.5 Å². The third kappa shape index (κ3) is 5.88. The van der Waals surface area contributed by atoms with Crippen molar-refractivity contribution < 1.29 is 4.79 Å². The molecule has 2 N–H and O–H groups in total. The number of rotatable bonds is 7. The van der Waals surface area contributed by atoms with Gasteiger partial charge in [-0.1, -0.05) is 13.8 Å². The molecule has 0 fully saturated rings. The van der Waals surface area contributed by atoms with Gasteiger partial charge in [-0.05, 0) is 41.3 Å². The third-order valence-electron chi connectivity index (χ3n) is 2.16. The van der Waals surface area contributed by atoms with Gasteiger partial charge >= 0.3 is 0 Å². The molecular weight excluding hydrogens is 220 g/mol. The summed E-state index contributed by atoms with van der Waals surface area (Å²) in [7, 11) is 0. The summed E-state index contributed by atoms with van der Waals surface area (Å²) >= 11 is 1.71. The topological polar surface area (TPSA) is 41.1 Å². The Morgan fingerprint density at radius 2 is 2.31 bits per heavy atom. The van der Waals surface area contributed by atoms with E-state index < -0.39 is 0 Å². The first-order valence-corrected chi connectivity index (χ1v) is 6.61. The Balaban J connectivity index is 2.00. The second kappa shape index (κ2) is 7.41. The van der Waals surface area contributed by atoms with E-state index in [1.807, 2.05) is 0 Å². The zero-order valence-corrected chi connectivity index (χ0v) is 10.8. The summed E-state index contributed by atoms with van der Waals surface area (Å²) < 4.78 is 0. The largest absolute Gasteiger partial charge is 0.355 e. The summed E-state index contributed by atoms with van der Waals surface area (Å²) in [4.78, 5) is 11.3. The van der Waals surface area contributed by atoms with Crippen LogP contribution >= 0.6 is 11.3 Å². The molecule has 1 amide bonds. The Labute approximate surface area is 101 Å². The number of carbonyl (C=O) groups is 1. The van der Waals surface area contributed by atoms with Crippen molar-refractivity contribution in [2.75, 3.05) is 19.6 Å². The standard InChI is InChI=1S/C12H20N2OS/c1-10(2)7-14-12(15)8-13-5-3-11-4-6-16-9-11/h4,6,9-10,13H,3,5,7-8H2,1-2H3,(H,14,15). The van der Waals surface area contributed by atoms with E-state index in [1.54, 1.807) is 11.3 Å². The zero-order chi connectivity index (χ0) is 11.8. The number of carbonyl (C=O) groups excluding carboxylic acids is 1. The summed E-state index contributed by atoms with van der Waals surface area (Å²) in [6, 6.07) is 2.12. The van der Waals surface area contributed by atoms with Crippen LogP contribution in [0.25, 0.3) is 0 Å². The van der Waals surface area contributed by atoms with E-state index in [-0.39, 0.29) is 5.91 Å². The summed E-state index contributed by atoms with van der Waals surface area (Å²) in [5, 5.41) is 10.2. The average molecular weight is 240 g/mol. The SMILES string of the molecule is CC(C)CNC(=O)CNCCc1ccsc1. The molecule has 0 aliphatic carbocycles. The predicted octanol–water partition coefficient (Wildman–Crippen LogP) is 1.65. The highest BCUT2D eigenvalue weighted by atomic mass is 32.1. The van der Waals surface area contributed by atoms with Crippen LogP contribution < -0.4 is 10.6 Å². The Kier molecular flexibility index (Phi) is 6.11. The average Bonchev–Trinajstić information content (AvgIpc) is 2.74. The Morgan fingerprint density at radius 3 is 2.94 bits per heavy atom. The summed E-state index contributed by atoms with van der Waals surface area (Å²) in [5.41, 5.74) is 1.33. The molecule has 0 saturated carbocycles. The molecule has 3 nitrogen and oxygen atoms in total. The summed E-state index contributed by atoms with van der Waals surface area (Å²) in [5.74, 6) is 0.591. The molecule has 0 aliphatic rings. The van der Waals surface area contributed by atoms with Crippen molar-refractivity contribution in [1.82, 2.24) is 10.6 Å². The Bertz CT molecular complexity index is 296. The minimum atomic E-state index is 0.0824. The van der Waals surface area contributed by atoms with Crippen molar-refractivity contribution in [1.29, 1.82) is 0 Å². The molecule has 0 atom stereocenters. The fourth-order valence-corrected chi connectivity index (χ4v) is 1.95. The van der Waals surface area contributed by atoms with Gasteiger partial charge in [0.15, 0.2) is 0 Å². The van der Waals surface area contributed by atoms with Crippen LogP contribution in [-0.2, 0) is 11.2 Å². The number of hydrogen-bond donors (Lipinski definition) is 2. The van der Waals surface area contributed by atoms with Gasteiger partial charge < -0.3 is 10.6 Å². The van der Waals surface area contributed by atoms with Crippen LogP contribution in [0.5, 0.6) is 0 Å². The van der Waals surface area contributed by atoms with Gasteiger partial charge in [-0.15, -0.1) is 0 Å². The maximum absolute atomic E-state index is 11.3. The minimum Gasteiger partial charge on any atom is -0.355 e. The smallest absolute Gasteiger partial charge is 0.233 e. The molecule has 0 spiro atoms. The molecule has 0 aromatic carbocycles. The fourth-order valence-electron chi connectivity index (χ4n) is 1.25. The van der Waals surface area contributed by atoms with Gasteiger partial charge in [-0.2, -0.15) is 11.3 Å². The van der Waals surface area contributed by atoms with Gasteiger partial charge in [0.25, 0.3) is 0 Å². The first-order chi connectivity index (χ1) is 7.68. The summed E-state index contributed by atoms with van der Waals surface area (Å²) in [6.45, 7) is 6.20. The second-order valence-electron chi connectivity index (χ2n) is 4.26. The van der Waals surface area contributed by atoms with E-state index in [0.29, 0.717) is 12.5 Å². The van der Waals surface area contributed by atoms with Crippen LogP contribution in [0.3, 0.4) is 0 Å². The summed E-state index contributed by atoms with van der Waals surface area (Å²) in [6.07, 6.45) is 0.987. The zero-order valence-electron chi connectivity index (χ0n) is 9.95. The van der Waals surface area contributed by atoms with E-state index in [9.17, 15) is 4.79 Å². The molecule has 1 rings (SSSR count). The Hall–Kier alpha value is -0.870. The van der Waals surface area contributed by atoms with Crippen molar-refractivity contribution in [2.45, 2.75) is 20.3 Å². The fraction of sp³-hybridized carbons (Fsp3) is 0.583. The van der Waals surface area contributed by atoms with Crippen LogP contribution in [0.4, 0.5) is 0 Å². The van der Waals surface area contributed by atoms with Crippen molar-refractivity contribution in [2.24, 2.45) is 5.92 Å². The van der Waals surface area contributed by atoms with Crippen LogP contribution in [0.2, 0.25) is 0 Å². The lowest BCUT2D eigenvalue weighted by Gasteiger charge is -2.08. The molecule has 1 aromatic rings. The van der Waals surface area contributed by atoms with Crippen molar-refractivity contribution >= 4 is 17.2 Å². The maximum Gasteiger partial charge on any atom is 0.233 e. The van der Waals surface area contributed by atoms with Crippen molar-refractivity contribution in [3.05, 3.63) is 22.4 Å². The molecule has 16 heavy (non-hydrogen) atoms. The first-order valence-electron chi connectivity index (χ1n) is 5.67. The lowest BCUT2D eigenvalue weighted by Crippen LogP contribution is -2.36. The monoisotopic (exact) mass is 240 g/mol. The number of hydrogen-bond acceptors (Lipinski definition) is 3. The highest BCUT2D eigenvalue weighted by Gasteiger charge is 2.01. The molecular formula is C12H20N2OS. The lowest BCUT2D eigenvalue weighted by atomic mass is 10.2. The number of amides is 1. The quantitative estimate of drug-likeness (QED) is 0.712. The van der Waals surface area contributed by atoms with Crippen molar-refractivity contribution in [3.8, 4) is 0 Å². The lowest BCUT2D eigenvalue weighted by molar-refractivity contribution is -0.120. The van der Waals surface area contributed by atoms with Gasteiger partial charge in [0.2, 0.25) is 5.91 Å². The third-order valence-corrected chi connectivity index (χ3v) is 2.90. The molecule has 0 aliphatic heterocycles. The van der Waals surface area contributed by atoms with Crippen molar-refractivity contribution in [3.63, 3.8) is 0 Å². The molecule has 0 saturated heterocycles. The van der Waals surface area contributed by atoms with E-state index in [2.05, 4.69) is 41.3 Å². The molecule has 1 heterocycles. The van der Waals surface area contributed by atoms with Crippen LogP contribution in [0, 0.1) is 5.92 Å². The number of nitrogens with one attached hydrogen (secondary N) is 2. The van der Waals surface area contributed by atoms with Gasteiger partial charge in [0.05, 0.1) is 6.54 Å². The van der Waals surface area contributed by atoms with Gasteiger partial charge in [0, 0.05) is 6.54 Å². The van der Waals surface area contributed by atoms with E-state index in [1.165, 1.54) is 5.56 Å². The van der Waals surface area contributed by atoms with E-state index >= 15 is 0 Å². The van der Waals surface area contributed by atoms with Crippen LogP contribution in [0.15, 0.2) is 16.8 Å². The molecule has 0 bridgehead atoms. The van der Waals surface area contributed by atoms with Crippen LogP contribution in [-0.4, -0.2) is 25.5 Å². The highest BCUT2D eigenvalue weighted by molar-refractivity contribution is 7.07. The second-order valence-corrected chi connectivity index (χ2v) is 5.04. The molecule has 4 heteroatoms. The molecule has 0 unspecified atom stereocenters. The highest BCUT2D eigenvalue weighted by Crippen LogP contribution is 2.05. The number of thiophene rings is 1. The minimum absolute atomic E-state index is 0.0824. The normalized spacial score (nSPS) is 10.7. The van der Waals surface area contributed by atoms with E-state index in [4.69, 9.17) is 0 Å². The van der Waals surface area contributed by atoms with Gasteiger partial charge in [-0.25, -0.2) is 0 Å².